The van der Waals surface area contributed by atoms with Gasteiger partial charge in [0.15, 0.2) is 6.29 Å². The minimum absolute atomic E-state index is 0.0513. The highest BCUT2D eigenvalue weighted by molar-refractivity contribution is 5.14. The van der Waals surface area contributed by atoms with Gasteiger partial charge >= 0.3 is 0 Å². The van der Waals surface area contributed by atoms with E-state index >= 15 is 0 Å². The van der Waals surface area contributed by atoms with Crippen LogP contribution in [0.4, 0.5) is 0 Å². The van der Waals surface area contributed by atoms with Gasteiger partial charge in [0.2, 0.25) is 0 Å². The molecule has 1 aromatic rings. The average molecular weight is 261 g/mol. The van der Waals surface area contributed by atoms with E-state index in [2.05, 4.69) is 35.2 Å². The molecule has 2 unspecified atom stereocenters. The summed E-state index contributed by atoms with van der Waals surface area (Å²) in [6, 6.07) is 10.7. The quantitative estimate of drug-likeness (QED) is 0.832. The van der Waals surface area contributed by atoms with Crippen LogP contribution in [-0.2, 0) is 16.0 Å². The molecular formula is C16H23NO2. The molecule has 2 heterocycles. The van der Waals surface area contributed by atoms with E-state index in [1.54, 1.807) is 0 Å². The molecule has 2 fully saturated rings. The minimum atomic E-state index is 0.0513. The van der Waals surface area contributed by atoms with Crippen LogP contribution in [0.5, 0.6) is 0 Å². The number of hydrogen-bond donors (Lipinski definition) is 0. The first-order valence-corrected chi connectivity index (χ1v) is 7.43. The van der Waals surface area contributed by atoms with Gasteiger partial charge in [0.1, 0.15) is 0 Å². The summed E-state index contributed by atoms with van der Waals surface area (Å²) in [5.41, 5.74) is 1.39. The lowest BCUT2D eigenvalue weighted by molar-refractivity contribution is -0.185. The van der Waals surface area contributed by atoms with Crippen molar-refractivity contribution >= 4 is 0 Å². The van der Waals surface area contributed by atoms with Gasteiger partial charge in [0.05, 0.1) is 6.10 Å². The number of ether oxygens (including phenoxy) is 2. The molecule has 0 N–H and O–H groups in total. The topological polar surface area (TPSA) is 21.7 Å². The molecule has 0 bridgehead atoms. The zero-order valence-electron chi connectivity index (χ0n) is 11.5. The number of likely N-dealkylation sites (tertiary alicyclic amines) is 1. The summed E-state index contributed by atoms with van der Waals surface area (Å²) in [5, 5.41) is 0. The highest BCUT2D eigenvalue weighted by Gasteiger charge is 2.26. The largest absolute Gasteiger partial charge is 0.353 e. The van der Waals surface area contributed by atoms with Gasteiger partial charge in [0, 0.05) is 26.2 Å². The number of rotatable bonds is 4. The van der Waals surface area contributed by atoms with E-state index in [-0.39, 0.29) is 6.29 Å². The Morgan fingerprint density at radius 2 is 2.05 bits per heavy atom. The normalized spacial score (nSPS) is 28.6. The molecule has 3 heteroatoms. The smallest absolute Gasteiger partial charge is 0.158 e. The molecular weight excluding hydrogens is 238 g/mol. The Kier molecular flexibility index (Phi) is 4.49. The Labute approximate surface area is 115 Å². The van der Waals surface area contributed by atoms with Gasteiger partial charge in [-0.15, -0.1) is 0 Å². The lowest BCUT2D eigenvalue weighted by Crippen LogP contribution is -2.30. The predicted molar refractivity (Wildman–Crippen MR) is 74.8 cm³/mol. The lowest BCUT2D eigenvalue weighted by Gasteiger charge is -2.26. The number of nitrogens with zero attached hydrogens (tertiary/aromatic N) is 1. The summed E-state index contributed by atoms with van der Waals surface area (Å²) < 4.78 is 11.7. The summed E-state index contributed by atoms with van der Waals surface area (Å²) in [4.78, 5) is 2.48. The zero-order valence-corrected chi connectivity index (χ0v) is 11.5. The number of hydrogen-bond acceptors (Lipinski definition) is 3. The average Bonchev–Trinajstić information content (AvgIpc) is 2.88. The van der Waals surface area contributed by atoms with Gasteiger partial charge < -0.3 is 9.47 Å². The maximum atomic E-state index is 6.06. The summed E-state index contributed by atoms with van der Waals surface area (Å²) in [6.45, 7) is 4.07. The fourth-order valence-corrected chi connectivity index (χ4v) is 2.93. The first-order chi connectivity index (χ1) is 9.40. The predicted octanol–water partition coefficient (Wildman–Crippen LogP) is 2.80. The van der Waals surface area contributed by atoms with Gasteiger partial charge in [-0.1, -0.05) is 30.3 Å². The summed E-state index contributed by atoms with van der Waals surface area (Å²) in [7, 11) is 0. The Bertz CT molecular complexity index is 376. The fourth-order valence-electron chi connectivity index (χ4n) is 2.93. The van der Waals surface area contributed by atoms with Gasteiger partial charge in [-0.25, -0.2) is 0 Å². The van der Waals surface area contributed by atoms with Gasteiger partial charge in [-0.3, -0.25) is 4.90 Å². The van der Waals surface area contributed by atoms with E-state index in [1.807, 2.05) is 0 Å². The summed E-state index contributed by atoms with van der Waals surface area (Å²) in [6.07, 6.45) is 5.03. The van der Waals surface area contributed by atoms with Crippen LogP contribution in [0.25, 0.3) is 0 Å². The van der Waals surface area contributed by atoms with Crippen molar-refractivity contribution in [1.29, 1.82) is 0 Å². The van der Waals surface area contributed by atoms with E-state index in [9.17, 15) is 0 Å². The second-order valence-corrected chi connectivity index (χ2v) is 5.56. The second-order valence-electron chi connectivity index (χ2n) is 5.56. The third kappa shape index (κ3) is 3.78. The van der Waals surface area contributed by atoms with Crippen LogP contribution in [-0.4, -0.2) is 37.0 Å². The molecule has 104 valence electrons. The fraction of sp³-hybridized carbons (Fsp3) is 0.625. The third-order valence-corrected chi connectivity index (χ3v) is 3.96. The van der Waals surface area contributed by atoms with Crippen molar-refractivity contribution in [3.05, 3.63) is 35.9 Å². The summed E-state index contributed by atoms with van der Waals surface area (Å²) >= 11 is 0. The van der Waals surface area contributed by atoms with Crippen molar-refractivity contribution in [2.24, 2.45) is 0 Å². The van der Waals surface area contributed by atoms with Crippen molar-refractivity contribution in [3.63, 3.8) is 0 Å². The molecule has 3 nitrogen and oxygen atoms in total. The molecule has 19 heavy (non-hydrogen) atoms. The first kappa shape index (κ1) is 13.1. The second kappa shape index (κ2) is 6.51. The van der Waals surface area contributed by atoms with Crippen LogP contribution in [0.2, 0.25) is 0 Å². The van der Waals surface area contributed by atoms with Crippen molar-refractivity contribution in [2.75, 3.05) is 19.7 Å². The maximum Gasteiger partial charge on any atom is 0.158 e. The molecule has 0 aromatic heterocycles. The van der Waals surface area contributed by atoms with Crippen LogP contribution >= 0.6 is 0 Å². The molecule has 0 amide bonds. The first-order valence-electron chi connectivity index (χ1n) is 7.43. The van der Waals surface area contributed by atoms with E-state index in [1.165, 1.54) is 18.4 Å². The molecule has 0 saturated carbocycles. The Hall–Kier alpha value is -0.900. The monoisotopic (exact) mass is 261 g/mol. The van der Waals surface area contributed by atoms with Crippen molar-refractivity contribution in [2.45, 2.75) is 44.6 Å². The number of benzene rings is 1. The van der Waals surface area contributed by atoms with Crippen LogP contribution in [0.1, 0.15) is 31.2 Å². The van der Waals surface area contributed by atoms with E-state index in [0.717, 1.165) is 39.1 Å². The molecule has 1 aromatic carbocycles. The van der Waals surface area contributed by atoms with Crippen LogP contribution in [0.3, 0.4) is 0 Å². The third-order valence-electron chi connectivity index (χ3n) is 3.96. The van der Waals surface area contributed by atoms with E-state index < -0.39 is 0 Å². The van der Waals surface area contributed by atoms with Gasteiger partial charge in [0.25, 0.3) is 0 Å². The summed E-state index contributed by atoms with van der Waals surface area (Å²) in [5.74, 6) is 0. The molecule has 2 aliphatic rings. The van der Waals surface area contributed by atoms with E-state index in [0.29, 0.717) is 6.10 Å². The standard InChI is InChI=1S/C16H23NO2/c1-2-6-14(7-3-1)12-17-10-9-15(13-17)19-16-8-4-5-11-18-16/h1-3,6-7,15-16H,4-5,8-13H2. The highest BCUT2D eigenvalue weighted by atomic mass is 16.7. The van der Waals surface area contributed by atoms with Crippen molar-refractivity contribution in [3.8, 4) is 0 Å². The molecule has 2 saturated heterocycles. The van der Waals surface area contributed by atoms with Crippen LogP contribution in [0.15, 0.2) is 30.3 Å². The molecule has 3 rings (SSSR count). The Balaban J connectivity index is 1.44. The lowest BCUT2D eigenvalue weighted by atomic mass is 10.2. The van der Waals surface area contributed by atoms with Crippen molar-refractivity contribution < 1.29 is 9.47 Å². The molecule has 0 aliphatic carbocycles. The highest BCUT2D eigenvalue weighted by Crippen LogP contribution is 2.21. The van der Waals surface area contributed by atoms with Gasteiger partial charge in [-0.2, -0.15) is 0 Å². The van der Waals surface area contributed by atoms with E-state index in [4.69, 9.17) is 9.47 Å². The van der Waals surface area contributed by atoms with Crippen molar-refractivity contribution in [1.82, 2.24) is 4.90 Å². The maximum absolute atomic E-state index is 6.06. The molecule has 0 spiro atoms. The SMILES string of the molecule is c1ccc(CN2CCC(OC3CCCCO3)C2)cc1. The van der Waals surface area contributed by atoms with Crippen LogP contribution < -0.4 is 0 Å². The van der Waals surface area contributed by atoms with Gasteiger partial charge in [-0.05, 0) is 31.2 Å². The van der Waals surface area contributed by atoms with Crippen LogP contribution in [0, 0.1) is 0 Å². The Morgan fingerprint density at radius 1 is 1.16 bits per heavy atom. The molecule has 2 aliphatic heterocycles. The molecule has 0 radical (unpaired) electrons. The zero-order chi connectivity index (χ0) is 12.9. The minimum Gasteiger partial charge on any atom is -0.353 e. The Morgan fingerprint density at radius 3 is 2.84 bits per heavy atom. The molecule has 2 atom stereocenters.